The molecule has 1 aromatic carbocycles. The Kier molecular flexibility index (Phi) is 6.02. The Balaban J connectivity index is 3.08. The molecule has 0 saturated heterocycles. The molecule has 0 spiro atoms. The second kappa shape index (κ2) is 7.31. The minimum Gasteiger partial charge on any atom is -0.398 e. The summed E-state index contributed by atoms with van der Waals surface area (Å²) in [4.78, 5) is 13.6. The van der Waals surface area contributed by atoms with E-state index in [-0.39, 0.29) is 24.4 Å². The number of carbonyl (C=O) groups excluding carboxylic acids is 1. The van der Waals surface area contributed by atoms with Gasteiger partial charge in [-0.05, 0) is 24.6 Å². The molecule has 0 atom stereocenters. The lowest BCUT2D eigenvalue weighted by Gasteiger charge is -2.22. The Morgan fingerprint density at radius 3 is 2.52 bits per heavy atom. The van der Waals surface area contributed by atoms with Crippen LogP contribution in [0.4, 0.5) is 18.9 Å². The standard InChI is InChI=1S/C14H19F3N2O2/c1-2-3-6-19(7-8-20)13(21)11-9-10(14(15,16)17)4-5-12(11)18/h4-5,9,20H,2-3,6-8,18H2,1H3. The Morgan fingerprint density at radius 2 is 2.00 bits per heavy atom. The van der Waals surface area contributed by atoms with Gasteiger partial charge in [0, 0.05) is 18.8 Å². The first kappa shape index (κ1) is 17.3. The number of benzene rings is 1. The molecule has 1 aromatic rings. The fourth-order valence-electron chi connectivity index (χ4n) is 1.87. The quantitative estimate of drug-likeness (QED) is 0.794. The molecule has 3 N–H and O–H groups in total. The summed E-state index contributed by atoms with van der Waals surface area (Å²) in [5, 5.41) is 8.98. The Bertz CT molecular complexity index is 490. The molecular formula is C14H19F3N2O2. The maximum Gasteiger partial charge on any atom is 0.416 e. The summed E-state index contributed by atoms with van der Waals surface area (Å²) < 4.78 is 38.1. The van der Waals surface area contributed by atoms with E-state index in [2.05, 4.69) is 0 Å². The second-order valence-corrected chi connectivity index (χ2v) is 4.67. The summed E-state index contributed by atoms with van der Waals surface area (Å²) in [5.41, 5.74) is 4.51. The van der Waals surface area contributed by atoms with Crippen LogP contribution in [0.3, 0.4) is 0 Å². The Labute approximate surface area is 121 Å². The summed E-state index contributed by atoms with van der Waals surface area (Å²) >= 11 is 0. The average Bonchev–Trinajstić information content (AvgIpc) is 2.42. The molecule has 0 saturated carbocycles. The SMILES string of the molecule is CCCCN(CCO)C(=O)c1cc(C(F)(F)F)ccc1N. The molecule has 0 bridgehead atoms. The van der Waals surface area contributed by atoms with Gasteiger partial charge in [0.05, 0.1) is 17.7 Å². The van der Waals surface area contributed by atoms with Crippen LogP contribution in [0, 0.1) is 0 Å². The van der Waals surface area contributed by atoms with Crippen LogP contribution in [0.5, 0.6) is 0 Å². The van der Waals surface area contributed by atoms with E-state index in [1.165, 1.54) is 4.90 Å². The number of amides is 1. The number of carbonyl (C=O) groups is 1. The first-order valence-corrected chi connectivity index (χ1v) is 6.68. The number of hydrogen-bond donors (Lipinski definition) is 2. The molecular weight excluding hydrogens is 285 g/mol. The van der Waals surface area contributed by atoms with E-state index >= 15 is 0 Å². The van der Waals surface area contributed by atoms with Crippen LogP contribution in [0.2, 0.25) is 0 Å². The van der Waals surface area contributed by atoms with Crippen LogP contribution in [0.25, 0.3) is 0 Å². The predicted octanol–water partition coefficient (Wildman–Crippen LogP) is 2.52. The van der Waals surface area contributed by atoms with Gasteiger partial charge in [-0.15, -0.1) is 0 Å². The van der Waals surface area contributed by atoms with Crippen molar-refractivity contribution >= 4 is 11.6 Å². The number of nitrogens with zero attached hydrogens (tertiary/aromatic N) is 1. The van der Waals surface area contributed by atoms with Gasteiger partial charge in [0.15, 0.2) is 0 Å². The molecule has 7 heteroatoms. The molecule has 1 amide bonds. The minimum absolute atomic E-state index is 0.00700. The Morgan fingerprint density at radius 1 is 1.33 bits per heavy atom. The van der Waals surface area contributed by atoms with Gasteiger partial charge in [-0.3, -0.25) is 4.79 Å². The first-order valence-electron chi connectivity index (χ1n) is 6.68. The number of aliphatic hydroxyl groups is 1. The summed E-state index contributed by atoms with van der Waals surface area (Å²) in [6, 6.07) is 2.68. The summed E-state index contributed by atoms with van der Waals surface area (Å²) in [6.07, 6.45) is -3.01. The molecule has 0 fully saturated rings. The molecule has 0 aromatic heterocycles. The molecule has 0 radical (unpaired) electrons. The molecule has 0 aliphatic rings. The maximum absolute atomic E-state index is 12.7. The van der Waals surface area contributed by atoms with Gasteiger partial charge in [0.25, 0.3) is 5.91 Å². The normalized spacial score (nSPS) is 11.5. The van der Waals surface area contributed by atoms with Gasteiger partial charge in [0.2, 0.25) is 0 Å². The van der Waals surface area contributed by atoms with E-state index < -0.39 is 17.6 Å². The van der Waals surface area contributed by atoms with Crippen molar-refractivity contribution in [1.29, 1.82) is 0 Å². The third kappa shape index (κ3) is 4.63. The smallest absolute Gasteiger partial charge is 0.398 e. The number of unbranched alkanes of at least 4 members (excludes halogenated alkanes) is 1. The van der Waals surface area contributed by atoms with Crippen LogP contribution in [0.15, 0.2) is 18.2 Å². The van der Waals surface area contributed by atoms with Crippen LogP contribution in [-0.4, -0.2) is 35.6 Å². The lowest BCUT2D eigenvalue weighted by molar-refractivity contribution is -0.137. The van der Waals surface area contributed by atoms with E-state index in [1.807, 2.05) is 6.92 Å². The van der Waals surface area contributed by atoms with Crippen LogP contribution < -0.4 is 5.73 Å². The maximum atomic E-state index is 12.7. The summed E-state index contributed by atoms with van der Waals surface area (Å²) in [6.45, 7) is 2.11. The number of hydrogen-bond acceptors (Lipinski definition) is 3. The van der Waals surface area contributed by atoms with Crippen molar-refractivity contribution in [2.24, 2.45) is 0 Å². The zero-order valence-corrected chi connectivity index (χ0v) is 11.8. The number of nitrogens with two attached hydrogens (primary N) is 1. The highest BCUT2D eigenvalue weighted by atomic mass is 19.4. The van der Waals surface area contributed by atoms with E-state index in [9.17, 15) is 18.0 Å². The molecule has 0 heterocycles. The molecule has 0 aliphatic heterocycles. The highest BCUT2D eigenvalue weighted by Gasteiger charge is 2.32. The van der Waals surface area contributed by atoms with Gasteiger partial charge in [0.1, 0.15) is 0 Å². The molecule has 21 heavy (non-hydrogen) atoms. The fourth-order valence-corrected chi connectivity index (χ4v) is 1.87. The third-order valence-electron chi connectivity index (χ3n) is 3.05. The number of halogens is 3. The largest absolute Gasteiger partial charge is 0.416 e. The fraction of sp³-hybridized carbons (Fsp3) is 0.500. The number of alkyl halides is 3. The van der Waals surface area contributed by atoms with Crippen molar-refractivity contribution < 1.29 is 23.1 Å². The number of rotatable bonds is 6. The number of nitrogen functional groups attached to an aromatic ring is 1. The van der Waals surface area contributed by atoms with Gasteiger partial charge >= 0.3 is 6.18 Å². The van der Waals surface area contributed by atoms with Crippen molar-refractivity contribution in [1.82, 2.24) is 4.90 Å². The van der Waals surface area contributed by atoms with Crippen molar-refractivity contribution in [3.8, 4) is 0 Å². The van der Waals surface area contributed by atoms with Crippen LogP contribution >= 0.6 is 0 Å². The third-order valence-corrected chi connectivity index (χ3v) is 3.05. The van der Waals surface area contributed by atoms with Crippen molar-refractivity contribution in [3.05, 3.63) is 29.3 Å². The van der Waals surface area contributed by atoms with Gasteiger partial charge < -0.3 is 15.7 Å². The zero-order chi connectivity index (χ0) is 16.0. The highest BCUT2D eigenvalue weighted by molar-refractivity contribution is 5.99. The Hall–Kier alpha value is -1.76. The number of anilines is 1. The van der Waals surface area contributed by atoms with E-state index in [4.69, 9.17) is 10.8 Å². The van der Waals surface area contributed by atoms with Gasteiger partial charge in [-0.25, -0.2) is 0 Å². The van der Waals surface area contributed by atoms with Crippen molar-refractivity contribution in [2.45, 2.75) is 25.9 Å². The highest BCUT2D eigenvalue weighted by Crippen LogP contribution is 2.31. The molecule has 4 nitrogen and oxygen atoms in total. The molecule has 0 unspecified atom stereocenters. The minimum atomic E-state index is -4.53. The lowest BCUT2D eigenvalue weighted by atomic mass is 10.1. The van der Waals surface area contributed by atoms with Crippen LogP contribution in [-0.2, 0) is 6.18 Å². The molecule has 118 valence electrons. The van der Waals surface area contributed by atoms with E-state index in [0.717, 1.165) is 24.6 Å². The number of aliphatic hydroxyl groups excluding tert-OH is 1. The van der Waals surface area contributed by atoms with Gasteiger partial charge in [-0.2, -0.15) is 13.2 Å². The average molecular weight is 304 g/mol. The predicted molar refractivity (Wildman–Crippen MR) is 73.8 cm³/mol. The van der Waals surface area contributed by atoms with E-state index in [1.54, 1.807) is 0 Å². The lowest BCUT2D eigenvalue weighted by Crippen LogP contribution is -2.35. The van der Waals surface area contributed by atoms with Gasteiger partial charge in [-0.1, -0.05) is 13.3 Å². The monoisotopic (exact) mass is 304 g/mol. The zero-order valence-electron chi connectivity index (χ0n) is 11.8. The topological polar surface area (TPSA) is 66.6 Å². The summed E-state index contributed by atoms with van der Waals surface area (Å²) in [5.74, 6) is -0.596. The van der Waals surface area contributed by atoms with E-state index in [0.29, 0.717) is 13.0 Å². The summed E-state index contributed by atoms with van der Waals surface area (Å²) in [7, 11) is 0. The first-order chi connectivity index (χ1) is 9.81. The van der Waals surface area contributed by atoms with Crippen molar-refractivity contribution in [3.63, 3.8) is 0 Å². The van der Waals surface area contributed by atoms with Crippen LogP contribution in [0.1, 0.15) is 35.7 Å². The van der Waals surface area contributed by atoms with Crippen molar-refractivity contribution in [2.75, 3.05) is 25.4 Å². The molecule has 1 rings (SSSR count). The molecule has 0 aliphatic carbocycles. The second-order valence-electron chi connectivity index (χ2n) is 4.67.